The standard InChI is InChI=1S/C16H28N2O2/c1-12(2)9-13(3)20-11-16(19)10-18-14(4)15-5-7-17-8-6-15/h5-8,12-14,16,18-19H,9-11H2,1-4H3/t13?,14-,16?/m1/s1. The van der Waals surface area contributed by atoms with E-state index in [4.69, 9.17) is 4.74 Å². The molecule has 2 N–H and O–H groups in total. The van der Waals surface area contributed by atoms with Gasteiger partial charge in [0.05, 0.1) is 18.8 Å². The number of hydrogen-bond donors (Lipinski definition) is 2. The monoisotopic (exact) mass is 280 g/mol. The number of pyridine rings is 1. The molecule has 0 saturated heterocycles. The van der Waals surface area contributed by atoms with Gasteiger partial charge in [0.15, 0.2) is 0 Å². The van der Waals surface area contributed by atoms with Gasteiger partial charge in [-0.1, -0.05) is 13.8 Å². The first-order valence-corrected chi connectivity index (χ1v) is 7.42. The predicted molar refractivity (Wildman–Crippen MR) is 81.5 cm³/mol. The van der Waals surface area contributed by atoms with Gasteiger partial charge in [-0.2, -0.15) is 0 Å². The van der Waals surface area contributed by atoms with E-state index in [-0.39, 0.29) is 12.1 Å². The Hall–Kier alpha value is -0.970. The third kappa shape index (κ3) is 6.98. The molecule has 3 atom stereocenters. The first kappa shape index (κ1) is 17.1. The van der Waals surface area contributed by atoms with Crippen LogP contribution >= 0.6 is 0 Å². The normalized spacial score (nSPS) is 16.1. The number of aromatic nitrogens is 1. The number of ether oxygens (including phenoxy) is 1. The highest BCUT2D eigenvalue weighted by atomic mass is 16.5. The Bertz CT molecular complexity index is 357. The van der Waals surface area contributed by atoms with Gasteiger partial charge in [0.1, 0.15) is 0 Å². The van der Waals surface area contributed by atoms with Crippen LogP contribution < -0.4 is 5.32 Å². The number of rotatable bonds is 9. The molecule has 0 fully saturated rings. The number of nitrogens with one attached hydrogen (secondary N) is 1. The molecule has 0 bridgehead atoms. The van der Waals surface area contributed by atoms with E-state index < -0.39 is 6.10 Å². The lowest BCUT2D eigenvalue weighted by Gasteiger charge is -2.20. The van der Waals surface area contributed by atoms with Crippen molar-refractivity contribution in [2.45, 2.75) is 52.4 Å². The maximum Gasteiger partial charge on any atom is 0.0898 e. The zero-order chi connectivity index (χ0) is 15.0. The summed E-state index contributed by atoms with van der Waals surface area (Å²) in [6.45, 7) is 9.38. The number of hydrogen-bond acceptors (Lipinski definition) is 4. The van der Waals surface area contributed by atoms with Gasteiger partial charge < -0.3 is 15.2 Å². The second-order valence-corrected chi connectivity index (χ2v) is 5.84. The van der Waals surface area contributed by atoms with E-state index in [2.05, 4.69) is 38.0 Å². The van der Waals surface area contributed by atoms with Crippen molar-refractivity contribution in [3.63, 3.8) is 0 Å². The van der Waals surface area contributed by atoms with E-state index in [1.54, 1.807) is 12.4 Å². The molecular formula is C16H28N2O2. The van der Waals surface area contributed by atoms with Crippen molar-refractivity contribution in [2.24, 2.45) is 5.92 Å². The Morgan fingerprint density at radius 3 is 2.45 bits per heavy atom. The molecule has 0 aromatic carbocycles. The van der Waals surface area contributed by atoms with Crippen molar-refractivity contribution in [2.75, 3.05) is 13.2 Å². The van der Waals surface area contributed by atoms with Gasteiger partial charge in [-0.3, -0.25) is 4.98 Å². The fourth-order valence-electron chi connectivity index (χ4n) is 2.15. The van der Waals surface area contributed by atoms with E-state index in [1.165, 1.54) is 5.56 Å². The molecule has 1 aromatic heterocycles. The smallest absolute Gasteiger partial charge is 0.0898 e. The summed E-state index contributed by atoms with van der Waals surface area (Å²) in [6, 6.07) is 4.15. The van der Waals surface area contributed by atoms with Crippen LogP contribution in [-0.2, 0) is 4.74 Å². The van der Waals surface area contributed by atoms with Crippen LogP contribution in [-0.4, -0.2) is 35.5 Å². The van der Waals surface area contributed by atoms with E-state index >= 15 is 0 Å². The SMILES string of the molecule is CC(C)CC(C)OCC(O)CN[C@H](C)c1ccncc1. The van der Waals surface area contributed by atoms with Gasteiger partial charge in [-0.05, 0) is 43.9 Å². The van der Waals surface area contributed by atoms with Crippen LogP contribution in [0.15, 0.2) is 24.5 Å². The molecule has 1 rings (SSSR count). The number of nitrogens with zero attached hydrogens (tertiary/aromatic N) is 1. The van der Waals surface area contributed by atoms with Crippen LogP contribution in [0.25, 0.3) is 0 Å². The molecule has 20 heavy (non-hydrogen) atoms. The average Bonchev–Trinajstić information content (AvgIpc) is 2.42. The van der Waals surface area contributed by atoms with Gasteiger partial charge in [-0.15, -0.1) is 0 Å². The summed E-state index contributed by atoms with van der Waals surface area (Å²) < 4.78 is 5.65. The van der Waals surface area contributed by atoms with Gasteiger partial charge in [0.2, 0.25) is 0 Å². The quantitative estimate of drug-likeness (QED) is 0.730. The highest BCUT2D eigenvalue weighted by Gasteiger charge is 2.11. The van der Waals surface area contributed by atoms with Crippen molar-refractivity contribution >= 4 is 0 Å². The zero-order valence-electron chi connectivity index (χ0n) is 13.0. The molecule has 0 saturated carbocycles. The maximum absolute atomic E-state index is 9.93. The minimum Gasteiger partial charge on any atom is -0.389 e. The van der Waals surface area contributed by atoms with Crippen molar-refractivity contribution in [3.05, 3.63) is 30.1 Å². The third-order valence-electron chi connectivity index (χ3n) is 3.24. The molecule has 1 heterocycles. The first-order chi connectivity index (χ1) is 9.49. The van der Waals surface area contributed by atoms with E-state index in [0.717, 1.165) is 6.42 Å². The van der Waals surface area contributed by atoms with E-state index in [9.17, 15) is 5.11 Å². The molecular weight excluding hydrogens is 252 g/mol. The van der Waals surface area contributed by atoms with Gasteiger partial charge in [-0.25, -0.2) is 0 Å². The number of aliphatic hydroxyl groups excluding tert-OH is 1. The van der Waals surface area contributed by atoms with Crippen LogP contribution in [0.2, 0.25) is 0 Å². The lowest BCUT2D eigenvalue weighted by atomic mass is 10.1. The summed E-state index contributed by atoms with van der Waals surface area (Å²) in [5.74, 6) is 0.618. The largest absolute Gasteiger partial charge is 0.389 e. The topological polar surface area (TPSA) is 54.4 Å². The summed E-state index contributed by atoms with van der Waals surface area (Å²) in [5, 5.41) is 13.2. The third-order valence-corrected chi connectivity index (χ3v) is 3.24. The summed E-state index contributed by atoms with van der Waals surface area (Å²) >= 11 is 0. The highest BCUT2D eigenvalue weighted by Crippen LogP contribution is 2.10. The molecule has 114 valence electrons. The average molecular weight is 280 g/mol. The molecule has 0 aliphatic rings. The second-order valence-electron chi connectivity index (χ2n) is 5.84. The molecule has 4 nitrogen and oxygen atoms in total. The molecule has 0 aliphatic heterocycles. The van der Waals surface area contributed by atoms with Crippen LogP contribution in [0.3, 0.4) is 0 Å². The molecule has 4 heteroatoms. The summed E-state index contributed by atoms with van der Waals surface area (Å²) in [7, 11) is 0. The van der Waals surface area contributed by atoms with Crippen LogP contribution in [0.1, 0.15) is 45.7 Å². The first-order valence-electron chi connectivity index (χ1n) is 7.42. The molecule has 2 unspecified atom stereocenters. The molecule has 1 aromatic rings. The highest BCUT2D eigenvalue weighted by molar-refractivity contribution is 5.13. The van der Waals surface area contributed by atoms with Crippen LogP contribution in [0, 0.1) is 5.92 Å². The van der Waals surface area contributed by atoms with E-state index in [0.29, 0.717) is 19.1 Å². The summed E-state index contributed by atoms with van der Waals surface area (Å²) in [5.41, 5.74) is 1.17. The summed E-state index contributed by atoms with van der Waals surface area (Å²) in [6.07, 6.45) is 4.30. The minimum atomic E-state index is -0.478. The Morgan fingerprint density at radius 1 is 1.20 bits per heavy atom. The minimum absolute atomic E-state index is 0.195. The Kier molecular flexibility index (Phi) is 7.73. The lowest BCUT2D eigenvalue weighted by molar-refractivity contribution is -0.00914. The lowest BCUT2D eigenvalue weighted by Crippen LogP contribution is -2.33. The molecule has 0 amide bonds. The van der Waals surface area contributed by atoms with Gasteiger partial charge >= 0.3 is 0 Å². The van der Waals surface area contributed by atoms with Gasteiger partial charge in [0, 0.05) is 25.0 Å². The fraction of sp³-hybridized carbons (Fsp3) is 0.688. The predicted octanol–water partition coefficient (Wildman–Crippen LogP) is 2.54. The van der Waals surface area contributed by atoms with Crippen LogP contribution in [0.4, 0.5) is 0 Å². The molecule has 0 spiro atoms. The second kappa shape index (κ2) is 9.06. The Labute approximate surface area is 122 Å². The Balaban J connectivity index is 2.21. The van der Waals surface area contributed by atoms with E-state index in [1.807, 2.05) is 12.1 Å². The van der Waals surface area contributed by atoms with Crippen molar-refractivity contribution in [1.82, 2.24) is 10.3 Å². The maximum atomic E-state index is 9.93. The fourth-order valence-corrected chi connectivity index (χ4v) is 2.15. The molecule has 0 radical (unpaired) electrons. The summed E-state index contributed by atoms with van der Waals surface area (Å²) in [4.78, 5) is 4.00. The van der Waals surface area contributed by atoms with Crippen molar-refractivity contribution in [3.8, 4) is 0 Å². The van der Waals surface area contributed by atoms with Crippen LogP contribution in [0.5, 0.6) is 0 Å². The van der Waals surface area contributed by atoms with Crippen molar-refractivity contribution in [1.29, 1.82) is 0 Å². The van der Waals surface area contributed by atoms with Gasteiger partial charge in [0.25, 0.3) is 0 Å². The van der Waals surface area contributed by atoms with Crippen molar-refractivity contribution < 1.29 is 9.84 Å². The number of aliphatic hydroxyl groups is 1. The molecule has 0 aliphatic carbocycles. The Morgan fingerprint density at radius 2 is 1.85 bits per heavy atom. The zero-order valence-corrected chi connectivity index (χ0v) is 13.0.